The van der Waals surface area contributed by atoms with Gasteiger partial charge in [0.1, 0.15) is 11.6 Å². The molecule has 1 aromatic heterocycles. The summed E-state index contributed by atoms with van der Waals surface area (Å²) in [7, 11) is 0. The number of piperazine rings is 1. The van der Waals surface area contributed by atoms with Crippen LogP contribution in [-0.2, 0) is 4.79 Å². The van der Waals surface area contributed by atoms with Crippen LogP contribution in [0.15, 0.2) is 16.4 Å². The maximum atomic E-state index is 11.1. The fraction of sp³-hybridized carbons (Fsp3) is 0.364. The van der Waals surface area contributed by atoms with Gasteiger partial charge in [-0.3, -0.25) is 4.90 Å². The lowest BCUT2D eigenvalue weighted by atomic mass is 10.1. The Hall–Kier alpha value is -1.63. The van der Waals surface area contributed by atoms with Gasteiger partial charge in [-0.05, 0) is 34.5 Å². The van der Waals surface area contributed by atoms with Gasteiger partial charge in [0.25, 0.3) is 0 Å². The molecule has 7 nitrogen and oxygen atoms in total. The van der Waals surface area contributed by atoms with Crippen LogP contribution in [0.3, 0.4) is 0 Å². The minimum absolute atomic E-state index is 0.0433. The van der Waals surface area contributed by atoms with E-state index in [2.05, 4.69) is 25.9 Å². The van der Waals surface area contributed by atoms with E-state index in [1.54, 1.807) is 17.8 Å². The van der Waals surface area contributed by atoms with Gasteiger partial charge >= 0.3 is 6.09 Å². The van der Waals surface area contributed by atoms with Gasteiger partial charge in [0.15, 0.2) is 5.82 Å². The standard InChI is InChI=1S/C11H10BrClN4O3/c1-6-3-17(7(5-18)4-16(6)11(19)20)9-8(12)2-14-10(13)15-9/h2,6H,3-4H2,1H3,(H,19,20)/t6-/m1/s1. The molecule has 0 aromatic carbocycles. The zero-order chi connectivity index (χ0) is 14.9. The first-order valence-electron chi connectivity index (χ1n) is 5.63. The largest absolute Gasteiger partial charge is 0.465 e. The van der Waals surface area contributed by atoms with Gasteiger partial charge in [0.2, 0.25) is 5.28 Å². The van der Waals surface area contributed by atoms with Crippen LogP contribution in [0.4, 0.5) is 10.6 Å². The Morgan fingerprint density at radius 1 is 1.65 bits per heavy atom. The summed E-state index contributed by atoms with van der Waals surface area (Å²) in [5.74, 6) is 2.18. The number of nitrogens with zero attached hydrogens (tertiary/aromatic N) is 4. The maximum Gasteiger partial charge on any atom is 0.407 e. The summed E-state index contributed by atoms with van der Waals surface area (Å²) < 4.78 is 0.561. The molecule has 1 fully saturated rings. The van der Waals surface area contributed by atoms with Gasteiger partial charge in [-0.15, -0.1) is 0 Å². The van der Waals surface area contributed by atoms with Crippen LogP contribution < -0.4 is 4.90 Å². The molecule has 0 radical (unpaired) electrons. The number of anilines is 1. The van der Waals surface area contributed by atoms with Crippen molar-refractivity contribution in [2.45, 2.75) is 13.0 Å². The van der Waals surface area contributed by atoms with Gasteiger partial charge in [0.05, 0.1) is 17.1 Å². The van der Waals surface area contributed by atoms with Crippen molar-refractivity contribution in [2.75, 3.05) is 18.0 Å². The molecule has 9 heteroatoms. The van der Waals surface area contributed by atoms with Crippen LogP contribution in [-0.4, -0.2) is 51.1 Å². The number of carbonyl (C=O) groups is 1. The third-order valence-electron chi connectivity index (χ3n) is 2.94. The fourth-order valence-corrected chi connectivity index (χ4v) is 2.49. The Morgan fingerprint density at radius 3 is 2.95 bits per heavy atom. The highest BCUT2D eigenvalue weighted by molar-refractivity contribution is 9.10. The topological polar surface area (TPSA) is 86.6 Å². The van der Waals surface area contributed by atoms with Crippen molar-refractivity contribution in [1.82, 2.24) is 14.9 Å². The molecule has 0 unspecified atom stereocenters. The normalized spacial score (nSPS) is 18.9. The van der Waals surface area contributed by atoms with Crippen molar-refractivity contribution >= 4 is 45.4 Å². The summed E-state index contributed by atoms with van der Waals surface area (Å²) >= 11 is 9.05. The second kappa shape index (κ2) is 5.78. The molecule has 2 rings (SSSR count). The molecule has 1 amide bonds. The molecule has 1 N–H and O–H groups in total. The van der Waals surface area contributed by atoms with Crippen molar-refractivity contribution in [3.63, 3.8) is 0 Å². The number of hydrogen-bond acceptors (Lipinski definition) is 5. The van der Waals surface area contributed by atoms with Crippen molar-refractivity contribution in [3.8, 4) is 0 Å². The highest BCUT2D eigenvalue weighted by atomic mass is 79.9. The molecule has 0 bridgehead atoms. The van der Waals surface area contributed by atoms with Crippen LogP contribution >= 0.6 is 27.5 Å². The number of amides is 1. The van der Waals surface area contributed by atoms with E-state index in [4.69, 9.17) is 16.7 Å². The molecule has 1 atom stereocenters. The van der Waals surface area contributed by atoms with Gasteiger partial charge < -0.3 is 10.0 Å². The first kappa shape index (κ1) is 14.8. The first-order valence-corrected chi connectivity index (χ1v) is 6.80. The van der Waals surface area contributed by atoms with Crippen molar-refractivity contribution in [1.29, 1.82) is 0 Å². The van der Waals surface area contributed by atoms with Crippen molar-refractivity contribution in [2.24, 2.45) is 0 Å². The van der Waals surface area contributed by atoms with Gasteiger partial charge in [-0.1, -0.05) is 0 Å². The summed E-state index contributed by atoms with van der Waals surface area (Å²) in [6.07, 6.45) is 0.395. The Bertz CT molecular complexity index is 605. The molecule has 0 spiro atoms. The van der Waals surface area contributed by atoms with Gasteiger partial charge in [-0.25, -0.2) is 14.6 Å². The average Bonchev–Trinajstić information content (AvgIpc) is 2.41. The fourth-order valence-electron chi connectivity index (χ4n) is 1.96. The Morgan fingerprint density at radius 2 is 2.35 bits per heavy atom. The quantitative estimate of drug-likeness (QED) is 0.606. The molecule has 0 aliphatic carbocycles. The van der Waals surface area contributed by atoms with E-state index in [1.807, 2.05) is 0 Å². The Kier molecular flexibility index (Phi) is 4.27. The third kappa shape index (κ3) is 2.77. The lowest BCUT2D eigenvalue weighted by molar-refractivity contribution is 0.128. The van der Waals surface area contributed by atoms with E-state index in [-0.39, 0.29) is 30.1 Å². The highest BCUT2D eigenvalue weighted by Gasteiger charge is 2.33. The molecule has 1 aliphatic rings. The van der Waals surface area contributed by atoms with E-state index in [0.29, 0.717) is 10.3 Å². The SMILES string of the molecule is C[C@@H]1CN(c2nc(Cl)ncc2Br)C(=C=O)CN1C(=O)O. The molecule has 2 heterocycles. The van der Waals surface area contributed by atoms with Gasteiger partial charge in [-0.2, -0.15) is 4.98 Å². The summed E-state index contributed by atoms with van der Waals surface area (Å²) in [6, 6.07) is -0.301. The summed E-state index contributed by atoms with van der Waals surface area (Å²) in [6.45, 7) is 1.98. The van der Waals surface area contributed by atoms with E-state index >= 15 is 0 Å². The molecule has 1 aliphatic heterocycles. The van der Waals surface area contributed by atoms with E-state index < -0.39 is 6.09 Å². The summed E-state index contributed by atoms with van der Waals surface area (Å²) in [4.78, 5) is 32.8. The predicted octanol–water partition coefficient (Wildman–Crippen LogP) is 1.80. The molecule has 106 valence electrons. The number of aromatic nitrogens is 2. The zero-order valence-corrected chi connectivity index (χ0v) is 12.7. The van der Waals surface area contributed by atoms with Crippen LogP contribution in [0.1, 0.15) is 6.92 Å². The molecule has 1 aromatic rings. The second-order valence-corrected chi connectivity index (χ2v) is 5.42. The van der Waals surface area contributed by atoms with Crippen LogP contribution in [0.5, 0.6) is 0 Å². The lowest BCUT2D eigenvalue weighted by Gasteiger charge is -2.39. The van der Waals surface area contributed by atoms with Gasteiger partial charge in [0, 0.05) is 12.7 Å². The summed E-state index contributed by atoms with van der Waals surface area (Å²) in [5, 5.41) is 9.13. The number of halogens is 2. The van der Waals surface area contributed by atoms with Crippen molar-refractivity contribution in [3.05, 3.63) is 21.7 Å². The first-order chi connectivity index (χ1) is 9.43. The third-order valence-corrected chi connectivity index (χ3v) is 3.68. The number of hydrogen-bond donors (Lipinski definition) is 1. The van der Waals surface area contributed by atoms with Crippen LogP contribution in [0.2, 0.25) is 5.28 Å². The minimum Gasteiger partial charge on any atom is -0.465 e. The van der Waals surface area contributed by atoms with Crippen molar-refractivity contribution < 1.29 is 14.7 Å². The number of carboxylic acid groups (broad SMARTS) is 1. The monoisotopic (exact) mass is 360 g/mol. The molecule has 20 heavy (non-hydrogen) atoms. The molecular formula is C11H10BrClN4O3. The van der Waals surface area contributed by atoms with Crippen LogP contribution in [0.25, 0.3) is 0 Å². The lowest BCUT2D eigenvalue weighted by Crippen LogP contribution is -2.53. The molecule has 1 saturated heterocycles. The molecular weight excluding hydrogens is 352 g/mol. The Labute approximate surface area is 128 Å². The predicted molar refractivity (Wildman–Crippen MR) is 75.5 cm³/mol. The number of carbonyl (C=O) groups excluding carboxylic acids is 1. The average molecular weight is 362 g/mol. The smallest absolute Gasteiger partial charge is 0.407 e. The minimum atomic E-state index is -1.08. The van der Waals surface area contributed by atoms with E-state index in [9.17, 15) is 9.59 Å². The number of rotatable bonds is 1. The van der Waals surface area contributed by atoms with Crippen LogP contribution in [0, 0.1) is 0 Å². The molecule has 0 saturated carbocycles. The highest BCUT2D eigenvalue weighted by Crippen LogP contribution is 2.29. The van der Waals surface area contributed by atoms with E-state index in [1.165, 1.54) is 11.1 Å². The Balaban J connectivity index is 2.40. The summed E-state index contributed by atoms with van der Waals surface area (Å²) in [5.41, 5.74) is 0.181. The maximum absolute atomic E-state index is 11.1. The second-order valence-electron chi connectivity index (χ2n) is 4.23. The van der Waals surface area contributed by atoms with E-state index in [0.717, 1.165) is 0 Å². The zero-order valence-electron chi connectivity index (χ0n) is 10.4.